The van der Waals surface area contributed by atoms with Crippen molar-refractivity contribution >= 4 is 19.8 Å². The van der Waals surface area contributed by atoms with Crippen LogP contribution in [0.25, 0.3) is 0 Å². The first kappa shape index (κ1) is 49.2. The number of carbonyl (C=O) groups excluding carboxylic acids is 2. The van der Waals surface area contributed by atoms with Gasteiger partial charge in [0.05, 0.1) is 33.9 Å². The van der Waals surface area contributed by atoms with Crippen LogP contribution >= 0.6 is 7.82 Å². The number of quaternary nitrogens is 1. The topological polar surface area (TPSA) is 131 Å². The zero-order valence-electron chi connectivity index (χ0n) is 32.9. The van der Waals surface area contributed by atoms with Gasteiger partial charge in [0, 0.05) is 12.8 Å². The fourth-order valence-corrected chi connectivity index (χ4v) is 5.86. The van der Waals surface area contributed by atoms with E-state index in [0.717, 1.165) is 57.8 Å². The summed E-state index contributed by atoms with van der Waals surface area (Å²) in [5, 5.41) is 10.1. The molecule has 0 rings (SSSR count). The van der Waals surface area contributed by atoms with Gasteiger partial charge in [0.1, 0.15) is 19.8 Å². The van der Waals surface area contributed by atoms with E-state index < -0.39 is 38.6 Å². The fraction of sp³-hybridized carbons (Fsp3) is 0.800. The van der Waals surface area contributed by atoms with Crippen molar-refractivity contribution in [2.45, 2.75) is 161 Å². The number of likely N-dealkylation sites (N-methyl/N-ethyl adjacent to an activating group) is 1. The van der Waals surface area contributed by atoms with E-state index in [2.05, 4.69) is 32.1 Å². The Morgan fingerprint density at radius 3 is 1.88 bits per heavy atom. The number of phosphoric acid groups is 1. The maximum atomic E-state index is 12.6. The van der Waals surface area contributed by atoms with Gasteiger partial charge in [-0.25, -0.2) is 0 Å². The third-order valence-electron chi connectivity index (χ3n) is 8.28. The average Bonchev–Trinajstić information content (AvgIpc) is 3.06. The van der Waals surface area contributed by atoms with Crippen molar-refractivity contribution in [1.82, 2.24) is 0 Å². The number of ether oxygens (including phenoxy) is 2. The van der Waals surface area contributed by atoms with Crippen molar-refractivity contribution in [3.05, 3.63) is 36.5 Å². The number of aliphatic hydroxyl groups is 1. The molecule has 0 saturated heterocycles. The maximum absolute atomic E-state index is 12.6. The summed E-state index contributed by atoms with van der Waals surface area (Å²) < 4.78 is 33.7. The lowest BCUT2D eigenvalue weighted by molar-refractivity contribution is -0.870. The summed E-state index contributed by atoms with van der Waals surface area (Å²) in [7, 11) is 1.11. The highest BCUT2D eigenvalue weighted by atomic mass is 31.2. The van der Waals surface area contributed by atoms with E-state index in [1.807, 2.05) is 33.3 Å². The number of esters is 2. The van der Waals surface area contributed by atoms with E-state index in [4.69, 9.17) is 18.5 Å². The molecule has 51 heavy (non-hydrogen) atoms. The van der Waals surface area contributed by atoms with Crippen LogP contribution in [-0.2, 0) is 32.7 Å². The van der Waals surface area contributed by atoms with Gasteiger partial charge < -0.3 is 33.0 Å². The van der Waals surface area contributed by atoms with Crippen molar-refractivity contribution in [3.8, 4) is 0 Å². The molecule has 11 heteroatoms. The van der Waals surface area contributed by atoms with Gasteiger partial charge in [-0.15, -0.1) is 0 Å². The SMILES string of the molecule is CC/C=C/C/C=C/C=C/C(O)CCCCCCCC(=O)OC[C@H](COP(=O)([O-])OCC[N+](C)(C)C)OC(=O)CCCCCCCCCCCCC. The van der Waals surface area contributed by atoms with Gasteiger partial charge in [-0.1, -0.05) is 140 Å². The van der Waals surface area contributed by atoms with Crippen molar-refractivity contribution in [2.24, 2.45) is 0 Å². The zero-order chi connectivity index (χ0) is 38.1. The van der Waals surface area contributed by atoms with E-state index in [0.29, 0.717) is 30.3 Å². The second-order valence-electron chi connectivity index (χ2n) is 14.5. The minimum Gasteiger partial charge on any atom is -0.756 e. The van der Waals surface area contributed by atoms with Gasteiger partial charge in [-0.3, -0.25) is 14.2 Å². The fourth-order valence-electron chi connectivity index (χ4n) is 5.13. The first-order valence-electron chi connectivity index (χ1n) is 19.8. The molecule has 0 bridgehead atoms. The molecule has 0 radical (unpaired) electrons. The Morgan fingerprint density at radius 2 is 1.29 bits per heavy atom. The molecule has 0 fully saturated rings. The Morgan fingerprint density at radius 1 is 0.725 bits per heavy atom. The molecule has 0 aromatic carbocycles. The third-order valence-corrected chi connectivity index (χ3v) is 9.24. The smallest absolute Gasteiger partial charge is 0.306 e. The largest absolute Gasteiger partial charge is 0.756 e. The quantitative estimate of drug-likeness (QED) is 0.0169. The van der Waals surface area contributed by atoms with Gasteiger partial charge in [-0.05, 0) is 32.1 Å². The van der Waals surface area contributed by atoms with E-state index in [1.165, 1.54) is 44.9 Å². The molecule has 0 aliphatic carbocycles. The first-order valence-corrected chi connectivity index (χ1v) is 21.3. The number of phosphoric ester groups is 1. The molecule has 0 saturated carbocycles. The molecule has 0 spiro atoms. The highest BCUT2D eigenvalue weighted by Crippen LogP contribution is 2.38. The Labute approximate surface area is 311 Å². The van der Waals surface area contributed by atoms with Crippen LogP contribution in [0.3, 0.4) is 0 Å². The Balaban J connectivity index is 4.49. The number of allylic oxidation sites excluding steroid dienone is 5. The molecular formula is C40H74NO9P. The molecule has 2 unspecified atom stereocenters. The lowest BCUT2D eigenvalue weighted by Gasteiger charge is -2.28. The molecule has 0 amide bonds. The second kappa shape index (κ2) is 32.8. The highest BCUT2D eigenvalue weighted by Gasteiger charge is 2.21. The van der Waals surface area contributed by atoms with E-state index in [9.17, 15) is 24.2 Å². The summed E-state index contributed by atoms with van der Waals surface area (Å²) in [6, 6.07) is 0. The van der Waals surface area contributed by atoms with Gasteiger partial charge in [0.25, 0.3) is 7.82 Å². The molecule has 1 N–H and O–H groups in total. The van der Waals surface area contributed by atoms with Crippen molar-refractivity contribution in [1.29, 1.82) is 0 Å². The first-order chi connectivity index (χ1) is 24.4. The molecular weight excluding hydrogens is 669 g/mol. The molecule has 298 valence electrons. The molecule has 0 aromatic heterocycles. The van der Waals surface area contributed by atoms with Crippen LogP contribution in [0.4, 0.5) is 0 Å². The molecule has 0 heterocycles. The summed E-state index contributed by atoms with van der Waals surface area (Å²) in [5.74, 6) is -0.913. The van der Waals surface area contributed by atoms with Crippen LogP contribution in [0.1, 0.15) is 149 Å². The summed E-state index contributed by atoms with van der Waals surface area (Å²) >= 11 is 0. The summed E-state index contributed by atoms with van der Waals surface area (Å²) in [4.78, 5) is 37.3. The predicted octanol–water partition coefficient (Wildman–Crippen LogP) is 8.91. The lowest BCUT2D eigenvalue weighted by Crippen LogP contribution is -2.37. The average molecular weight is 744 g/mol. The summed E-state index contributed by atoms with van der Waals surface area (Å²) in [6.45, 7) is 3.96. The lowest BCUT2D eigenvalue weighted by atomic mass is 10.1. The van der Waals surface area contributed by atoms with Crippen LogP contribution in [0.15, 0.2) is 36.5 Å². The number of aliphatic hydroxyl groups excluding tert-OH is 1. The van der Waals surface area contributed by atoms with Crippen LogP contribution < -0.4 is 4.89 Å². The van der Waals surface area contributed by atoms with Crippen LogP contribution in [0, 0.1) is 0 Å². The van der Waals surface area contributed by atoms with Gasteiger partial charge in [0.2, 0.25) is 0 Å². The number of rotatable bonds is 35. The number of hydrogen-bond donors (Lipinski definition) is 1. The van der Waals surface area contributed by atoms with Gasteiger partial charge in [-0.2, -0.15) is 0 Å². The number of carbonyl (C=O) groups is 2. The number of unbranched alkanes of at least 4 members (excludes halogenated alkanes) is 14. The maximum Gasteiger partial charge on any atom is 0.306 e. The van der Waals surface area contributed by atoms with Crippen LogP contribution in [-0.4, -0.2) is 81.2 Å². The van der Waals surface area contributed by atoms with E-state index >= 15 is 0 Å². The summed E-state index contributed by atoms with van der Waals surface area (Å²) in [6.07, 6.45) is 30.5. The van der Waals surface area contributed by atoms with Crippen molar-refractivity contribution < 1.29 is 47.2 Å². The monoisotopic (exact) mass is 744 g/mol. The molecule has 10 nitrogen and oxygen atoms in total. The van der Waals surface area contributed by atoms with Gasteiger partial charge in [0.15, 0.2) is 6.10 Å². The van der Waals surface area contributed by atoms with Crippen molar-refractivity contribution in [3.63, 3.8) is 0 Å². The third kappa shape index (κ3) is 36.3. The standard InChI is InChI=1S/C40H74NO9P/c1-6-8-10-12-14-15-16-17-19-23-28-32-40(44)50-38(36-49-51(45,46)48-34-33-41(3,4)5)35-47-39(43)31-27-24-20-22-26-30-37(42)29-25-21-18-13-11-9-7-2/h9,11,18,21,25,29,37-38,42H,6-8,10,12-17,19-20,22-24,26-28,30-36H2,1-5H3/b11-9+,21-18+,29-25+/t37?,38-/m1/s1. The summed E-state index contributed by atoms with van der Waals surface area (Å²) in [5.41, 5.74) is 0. The molecule has 0 aromatic rings. The van der Waals surface area contributed by atoms with E-state index in [-0.39, 0.29) is 26.1 Å². The Kier molecular flexibility index (Phi) is 31.6. The minimum atomic E-state index is -4.64. The van der Waals surface area contributed by atoms with E-state index in [1.54, 1.807) is 6.08 Å². The molecule has 3 atom stereocenters. The van der Waals surface area contributed by atoms with Crippen LogP contribution in [0.2, 0.25) is 0 Å². The number of hydrogen-bond acceptors (Lipinski definition) is 9. The molecule has 0 aliphatic rings. The Bertz CT molecular complexity index is 993. The highest BCUT2D eigenvalue weighted by molar-refractivity contribution is 7.45. The molecule has 0 aliphatic heterocycles. The van der Waals surface area contributed by atoms with Crippen LogP contribution in [0.5, 0.6) is 0 Å². The van der Waals surface area contributed by atoms with Crippen molar-refractivity contribution in [2.75, 3.05) is 47.5 Å². The van der Waals surface area contributed by atoms with Gasteiger partial charge >= 0.3 is 11.9 Å². The Hall–Kier alpha value is -1.81. The second-order valence-corrected chi connectivity index (χ2v) is 15.9. The zero-order valence-corrected chi connectivity index (χ0v) is 33.8. The normalized spacial score (nSPS) is 14.7. The minimum absolute atomic E-state index is 0.0464. The predicted molar refractivity (Wildman–Crippen MR) is 205 cm³/mol. The number of nitrogens with zero attached hydrogens (tertiary/aromatic N) is 1.